The number of carbonyl (C=O) groups is 2. The van der Waals surface area contributed by atoms with Gasteiger partial charge in [-0.1, -0.05) is 13.8 Å². The molecule has 72 valence electrons. The molecule has 0 spiro atoms. The number of hydrogen-bond acceptors (Lipinski definition) is 3. The highest BCUT2D eigenvalue weighted by molar-refractivity contribution is 6.20. The van der Waals surface area contributed by atoms with Gasteiger partial charge in [-0.3, -0.25) is 9.59 Å². The van der Waals surface area contributed by atoms with Crippen LogP contribution >= 0.6 is 0 Å². The highest BCUT2D eigenvalue weighted by Crippen LogP contribution is 2.34. The van der Waals surface area contributed by atoms with Gasteiger partial charge in [0.1, 0.15) is 0 Å². The minimum Gasteiger partial charge on any atom is -0.875 e. The zero-order valence-corrected chi connectivity index (χ0v) is 8.14. The van der Waals surface area contributed by atoms with E-state index in [1.165, 1.54) is 6.92 Å². The molecular weight excluding hydrogens is 168 g/mol. The maximum absolute atomic E-state index is 11.4. The van der Waals surface area contributed by atoms with E-state index in [0.29, 0.717) is 12.8 Å². The zero-order chi connectivity index (χ0) is 10.2. The van der Waals surface area contributed by atoms with E-state index < -0.39 is 5.78 Å². The Labute approximate surface area is 77.4 Å². The Morgan fingerprint density at radius 2 is 1.92 bits per heavy atom. The average Bonchev–Trinajstić information content (AvgIpc) is 1.78. The molecule has 0 unspecified atom stereocenters. The van der Waals surface area contributed by atoms with Gasteiger partial charge >= 0.3 is 0 Å². The van der Waals surface area contributed by atoms with Gasteiger partial charge in [0.15, 0.2) is 11.6 Å². The van der Waals surface area contributed by atoms with Crippen LogP contribution in [0.5, 0.6) is 0 Å². The van der Waals surface area contributed by atoms with Crippen LogP contribution in [0, 0.1) is 5.41 Å². The maximum atomic E-state index is 11.4. The molecule has 0 fully saturated rings. The van der Waals surface area contributed by atoms with Gasteiger partial charge in [-0.25, -0.2) is 0 Å². The lowest BCUT2D eigenvalue weighted by Crippen LogP contribution is -2.32. The van der Waals surface area contributed by atoms with E-state index in [0.717, 1.165) is 0 Å². The van der Waals surface area contributed by atoms with Crippen molar-refractivity contribution in [1.82, 2.24) is 0 Å². The summed E-state index contributed by atoms with van der Waals surface area (Å²) in [4.78, 5) is 22.3. The van der Waals surface area contributed by atoms with Crippen LogP contribution < -0.4 is 5.11 Å². The topological polar surface area (TPSA) is 57.2 Å². The summed E-state index contributed by atoms with van der Waals surface area (Å²) in [6.45, 7) is 4.99. The number of carbonyl (C=O) groups excluding carboxylic acids is 2. The molecule has 1 aliphatic carbocycles. The predicted molar refractivity (Wildman–Crippen MR) is 45.7 cm³/mol. The first kappa shape index (κ1) is 9.96. The molecule has 1 aliphatic rings. The lowest BCUT2D eigenvalue weighted by molar-refractivity contribution is -0.312. The Kier molecular flexibility index (Phi) is 2.28. The van der Waals surface area contributed by atoms with Crippen LogP contribution in [0.2, 0.25) is 0 Å². The van der Waals surface area contributed by atoms with Gasteiger partial charge < -0.3 is 5.11 Å². The maximum Gasteiger partial charge on any atom is 0.166 e. The van der Waals surface area contributed by atoms with E-state index in [2.05, 4.69) is 0 Å². The molecule has 3 nitrogen and oxygen atoms in total. The largest absolute Gasteiger partial charge is 0.875 e. The van der Waals surface area contributed by atoms with E-state index in [4.69, 9.17) is 0 Å². The number of rotatable bonds is 1. The molecule has 3 heteroatoms. The van der Waals surface area contributed by atoms with Crippen LogP contribution in [0.25, 0.3) is 0 Å². The second-order valence-electron chi connectivity index (χ2n) is 4.30. The third kappa shape index (κ3) is 1.97. The molecule has 0 N–H and O–H groups in total. The summed E-state index contributed by atoms with van der Waals surface area (Å²) < 4.78 is 0. The van der Waals surface area contributed by atoms with E-state index in [1.54, 1.807) is 0 Å². The van der Waals surface area contributed by atoms with E-state index in [1.807, 2.05) is 13.8 Å². The van der Waals surface area contributed by atoms with E-state index in [9.17, 15) is 14.7 Å². The van der Waals surface area contributed by atoms with Crippen LogP contribution in [0.15, 0.2) is 11.3 Å². The minimum absolute atomic E-state index is 0.112. The molecule has 0 aromatic heterocycles. The van der Waals surface area contributed by atoms with Crippen molar-refractivity contribution in [2.45, 2.75) is 33.6 Å². The van der Waals surface area contributed by atoms with Crippen LogP contribution in [0.4, 0.5) is 0 Å². The summed E-state index contributed by atoms with van der Waals surface area (Å²) in [7, 11) is 0. The van der Waals surface area contributed by atoms with Crippen molar-refractivity contribution < 1.29 is 14.7 Å². The molecular formula is C10H13O3-. The monoisotopic (exact) mass is 181 g/mol. The Hall–Kier alpha value is -1.12. The van der Waals surface area contributed by atoms with Gasteiger partial charge in [-0.05, 0) is 18.8 Å². The number of Topliss-reactive ketones (excluding diaryl/α,β-unsaturated/α-hetero) is 2. The molecule has 0 heterocycles. The van der Waals surface area contributed by atoms with Crippen LogP contribution in [-0.2, 0) is 9.59 Å². The average molecular weight is 181 g/mol. The van der Waals surface area contributed by atoms with Crippen molar-refractivity contribution in [3.8, 4) is 0 Å². The van der Waals surface area contributed by atoms with E-state index >= 15 is 0 Å². The lowest BCUT2D eigenvalue weighted by Gasteiger charge is -2.34. The first-order chi connectivity index (χ1) is 5.83. The van der Waals surface area contributed by atoms with Gasteiger partial charge in [0.25, 0.3) is 0 Å². The van der Waals surface area contributed by atoms with Crippen molar-refractivity contribution in [2.24, 2.45) is 5.41 Å². The van der Waals surface area contributed by atoms with Crippen LogP contribution in [0.3, 0.4) is 0 Å². The zero-order valence-electron chi connectivity index (χ0n) is 8.14. The summed E-state index contributed by atoms with van der Waals surface area (Å²) in [6, 6.07) is 0. The molecule has 0 atom stereocenters. The Balaban J connectivity index is 3.09. The molecule has 1 rings (SSSR count). The Bertz CT molecular complexity index is 297. The van der Waals surface area contributed by atoms with E-state index in [-0.39, 0.29) is 22.5 Å². The predicted octanol–water partition coefficient (Wildman–Crippen LogP) is 0.579. The second kappa shape index (κ2) is 2.98. The van der Waals surface area contributed by atoms with Crippen molar-refractivity contribution in [3.63, 3.8) is 0 Å². The van der Waals surface area contributed by atoms with Crippen molar-refractivity contribution in [2.75, 3.05) is 0 Å². The van der Waals surface area contributed by atoms with Gasteiger partial charge in [0.05, 0.1) is 0 Å². The third-order valence-corrected chi connectivity index (χ3v) is 2.19. The Morgan fingerprint density at radius 1 is 1.38 bits per heavy atom. The van der Waals surface area contributed by atoms with Gasteiger partial charge in [-0.15, -0.1) is 5.76 Å². The standard InChI is InChI=1S/C10H14O3/c1-6(11)9-7(12)4-10(2,3)5-8(9)13/h12H,4-5H2,1-3H3/p-1. The SMILES string of the molecule is CC(=O)C1=C([O-])CC(C)(C)CC1=O. The van der Waals surface area contributed by atoms with Crippen molar-refractivity contribution >= 4 is 11.6 Å². The summed E-state index contributed by atoms with van der Waals surface area (Å²) in [6.07, 6.45) is 0.599. The van der Waals surface area contributed by atoms with Crippen LogP contribution in [0.1, 0.15) is 33.6 Å². The summed E-state index contributed by atoms with van der Waals surface area (Å²) in [5, 5.41) is 11.4. The van der Waals surface area contributed by atoms with Gasteiger partial charge in [-0.2, -0.15) is 0 Å². The molecule has 0 aromatic carbocycles. The molecule has 0 amide bonds. The highest BCUT2D eigenvalue weighted by Gasteiger charge is 2.30. The second-order valence-corrected chi connectivity index (χ2v) is 4.30. The number of allylic oxidation sites excluding steroid dienone is 2. The molecule has 13 heavy (non-hydrogen) atoms. The fraction of sp³-hybridized carbons (Fsp3) is 0.600. The smallest absolute Gasteiger partial charge is 0.166 e. The molecule has 0 saturated heterocycles. The first-order valence-electron chi connectivity index (χ1n) is 4.28. The number of ketones is 2. The molecule has 0 bridgehead atoms. The summed E-state index contributed by atoms with van der Waals surface area (Å²) >= 11 is 0. The summed E-state index contributed by atoms with van der Waals surface area (Å²) in [5.74, 6) is -0.993. The fourth-order valence-electron chi connectivity index (χ4n) is 1.66. The molecule has 0 radical (unpaired) electrons. The quantitative estimate of drug-likeness (QED) is 0.556. The molecule has 0 aliphatic heterocycles. The third-order valence-electron chi connectivity index (χ3n) is 2.19. The normalized spacial score (nSPS) is 21.9. The van der Waals surface area contributed by atoms with Gasteiger partial charge in [0, 0.05) is 12.0 Å². The summed E-state index contributed by atoms with van der Waals surface area (Å²) in [5.41, 5.74) is -0.396. The molecule has 0 saturated carbocycles. The van der Waals surface area contributed by atoms with Crippen molar-refractivity contribution in [3.05, 3.63) is 11.3 Å². The Morgan fingerprint density at radius 3 is 2.31 bits per heavy atom. The molecule has 0 aromatic rings. The van der Waals surface area contributed by atoms with Crippen molar-refractivity contribution in [1.29, 1.82) is 0 Å². The minimum atomic E-state index is -0.398. The van der Waals surface area contributed by atoms with Gasteiger partial charge in [0.2, 0.25) is 0 Å². The fourth-order valence-corrected chi connectivity index (χ4v) is 1.66. The lowest BCUT2D eigenvalue weighted by atomic mass is 9.76. The number of hydrogen-bond donors (Lipinski definition) is 0. The van der Waals surface area contributed by atoms with Crippen LogP contribution in [-0.4, -0.2) is 11.6 Å². The first-order valence-corrected chi connectivity index (χ1v) is 4.28. The highest BCUT2D eigenvalue weighted by atomic mass is 16.3.